The molecule has 0 N–H and O–H groups in total. The summed E-state index contributed by atoms with van der Waals surface area (Å²) >= 11 is 6.09. The molecule has 4 rings (SSSR count). The summed E-state index contributed by atoms with van der Waals surface area (Å²) in [5, 5.41) is 0.791. The van der Waals surface area contributed by atoms with E-state index in [-0.39, 0.29) is 11.2 Å². The van der Waals surface area contributed by atoms with Gasteiger partial charge in [0, 0.05) is 5.02 Å². The Labute approximate surface area is 177 Å². The van der Waals surface area contributed by atoms with Crippen LogP contribution in [0.2, 0.25) is 5.02 Å². The second-order valence-corrected chi connectivity index (χ2v) is 8.46. The number of ether oxygens (including phenoxy) is 1. The summed E-state index contributed by atoms with van der Waals surface area (Å²) in [6.45, 7) is 0. The fourth-order valence-corrected chi connectivity index (χ4v) is 4.69. The number of aryl methyl sites for hydroxylation is 1. The normalized spacial score (nSPS) is 15.4. The van der Waals surface area contributed by atoms with Gasteiger partial charge < -0.3 is 4.74 Å². The standard InChI is InChI=1S/C26H26ClFO/c27-22-13-11-21(12-14-22)26(16-4-5-17-26)18-6-7-20-10-15-24(28)25(19-20)29-23-8-2-1-3-9-23/h1-3,8-15,19H,4-7,16-18H2. The summed E-state index contributed by atoms with van der Waals surface area (Å²) in [5.41, 5.74) is 2.78. The highest BCUT2D eigenvalue weighted by atomic mass is 35.5. The second-order valence-electron chi connectivity index (χ2n) is 8.03. The minimum Gasteiger partial charge on any atom is -0.454 e. The van der Waals surface area contributed by atoms with E-state index in [1.165, 1.54) is 37.3 Å². The van der Waals surface area contributed by atoms with Gasteiger partial charge in [0.05, 0.1) is 0 Å². The fraction of sp³-hybridized carbons (Fsp3) is 0.308. The summed E-state index contributed by atoms with van der Waals surface area (Å²) in [6.07, 6.45) is 8.17. The van der Waals surface area contributed by atoms with Gasteiger partial charge in [-0.05, 0) is 85.0 Å². The molecule has 0 radical (unpaired) electrons. The third kappa shape index (κ3) is 4.82. The maximum atomic E-state index is 14.2. The van der Waals surface area contributed by atoms with Crippen molar-refractivity contribution in [3.05, 3.63) is 94.8 Å². The van der Waals surface area contributed by atoms with Crippen LogP contribution in [-0.4, -0.2) is 0 Å². The monoisotopic (exact) mass is 408 g/mol. The minimum absolute atomic E-state index is 0.258. The number of rotatable bonds is 7. The van der Waals surface area contributed by atoms with E-state index in [9.17, 15) is 4.39 Å². The van der Waals surface area contributed by atoms with Gasteiger partial charge in [-0.1, -0.05) is 60.8 Å². The van der Waals surface area contributed by atoms with E-state index in [1.54, 1.807) is 0 Å². The molecular formula is C26H26ClFO. The molecular weight excluding hydrogens is 383 g/mol. The molecule has 29 heavy (non-hydrogen) atoms. The molecule has 0 bridgehead atoms. The summed E-state index contributed by atoms with van der Waals surface area (Å²) in [4.78, 5) is 0. The third-order valence-electron chi connectivity index (χ3n) is 6.10. The van der Waals surface area contributed by atoms with Gasteiger partial charge in [-0.25, -0.2) is 4.39 Å². The van der Waals surface area contributed by atoms with Crippen LogP contribution in [0.15, 0.2) is 72.8 Å². The largest absolute Gasteiger partial charge is 0.454 e. The molecule has 150 valence electrons. The Morgan fingerprint density at radius 2 is 1.62 bits per heavy atom. The van der Waals surface area contributed by atoms with Crippen molar-refractivity contribution < 1.29 is 9.13 Å². The van der Waals surface area contributed by atoms with Crippen LogP contribution in [0.4, 0.5) is 4.39 Å². The Morgan fingerprint density at radius 3 is 2.34 bits per heavy atom. The highest BCUT2D eigenvalue weighted by Gasteiger charge is 2.34. The zero-order valence-corrected chi connectivity index (χ0v) is 17.3. The molecule has 0 saturated heterocycles. The molecule has 0 aromatic heterocycles. The zero-order chi connectivity index (χ0) is 20.1. The predicted octanol–water partition coefficient (Wildman–Crippen LogP) is 8.11. The molecule has 1 fully saturated rings. The predicted molar refractivity (Wildman–Crippen MR) is 117 cm³/mol. The molecule has 1 saturated carbocycles. The van der Waals surface area contributed by atoms with Gasteiger partial charge in [-0.2, -0.15) is 0 Å². The molecule has 0 spiro atoms. The maximum absolute atomic E-state index is 14.2. The van der Waals surface area contributed by atoms with Gasteiger partial charge in [-0.3, -0.25) is 0 Å². The lowest BCUT2D eigenvalue weighted by atomic mass is 9.75. The van der Waals surface area contributed by atoms with Crippen molar-refractivity contribution in [3.8, 4) is 11.5 Å². The van der Waals surface area contributed by atoms with Crippen LogP contribution >= 0.6 is 11.6 Å². The highest BCUT2D eigenvalue weighted by Crippen LogP contribution is 2.45. The third-order valence-corrected chi connectivity index (χ3v) is 6.36. The van der Waals surface area contributed by atoms with Crippen molar-refractivity contribution in [2.75, 3.05) is 0 Å². The second kappa shape index (κ2) is 9.00. The average Bonchev–Trinajstić information content (AvgIpc) is 3.22. The van der Waals surface area contributed by atoms with Gasteiger partial charge >= 0.3 is 0 Å². The van der Waals surface area contributed by atoms with Crippen molar-refractivity contribution in [1.82, 2.24) is 0 Å². The summed E-state index contributed by atoms with van der Waals surface area (Å²) in [6, 6.07) is 23.0. The molecule has 0 atom stereocenters. The van der Waals surface area contributed by atoms with Crippen LogP contribution in [0.1, 0.15) is 49.7 Å². The zero-order valence-electron chi connectivity index (χ0n) is 16.5. The minimum atomic E-state index is -0.328. The first-order valence-corrected chi connectivity index (χ1v) is 10.8. The SMILES string of the molecule is Fc1ccc(CCCC2(c3ccc(Cl)cc3)CCCC2)cc1Oc1ccccc1. The Hall–Kier alpha value is -2.32. The fourth-order valence-electron chi connectivity index (χ4n) is 4.57. The first-order chi connectivity index (χ1) is 14.1. The van der Waals surface area contributed by atoms with E-state index in [2.05, 4.69) is 12.1 Å². The van der Waals surface area contributed by atoms with Crippen LogP contribution in [0, 0.1) is 5.82 Å². The molecule has 0 aliphatic heterocycles. The van der Waals surface area contributed by atoms with E-state index in [0.717, 1.165) is 29.8 Å². The first kappa shape index (κ1) is 20.0. The lowest BCUT2D eigenvalue weighted by Crippen LogP contribution is -2.22. The van der Waals surface area contributed by atoms with E-state index in [4.69, 9.17) is 16.3 Å². The lowest BCUT2D eigenvalue weighted by Gasteiger charge is -2.30. The summed E-state index contributed by atoms with van der Waals surface area (Å²) < 4.78 is 19.9. The molecule has 0 amide bonds. The van der Waals surface area contributed by atoms with Gasteiger partial charge in [0.1, 0.15) is 5.75 Å². The molecule has 1 aliphatic rings. The molecule has 3 aromatic carbocycles. The Bertz CT molecular complexity index is 931. The Balaban J connectivity index is 1.43. The van der Waals surface area contributed by atoms with Crippen molar-refractivity contribution in [2.24, 2.45) is 0 Å². The Morgan fingerprint density at radius 1 is 0.897 bits per heavy atom. The quantitative estimate of drug-likeness (QED) is 0.383. The van der Waals surface area contributed by atoms with Crippen LogP contribution in [0.25, 0.3) is 0 Å². The molecule has 0 unspecified atom stereocenters. The summed E-state index contributed by atoms with van der Waals surface area (Å²) in [7, 11) is 0. The molecule has 1 nitrogen and oxygen atoms in total. The van der Waals surface area contributed by atoms with Crippen LogP contribution in [0.5, 0.6) is 11.5 Å². The number of benzene rings is 3. The number of para-hydroxylation sites is 1. The molecule has 3 heteroatoms. The number of hydrogen-bond donors (Lipinski definition) is 0. The van der Waals surface area contributed by atoms with Crippen molar-refractivity contribution >= 4 is 11.6 Å². The topological polar surface area (TPSA) is 9.23 Å². The first-order valence-electron chi connectivity index (χ1n) is 10.4. The van der Waals surface area contributed by atoms with Crippen molar-refractivity contribution in [1.29, 1.82) is 0 Å². The van der Waals surface area contributed by atoms with E-state index < -0.39 is 0 Å². The average molecular weight is 409 g/mol. The molecule has 1 aliphatic carbocycles. The number of halogens is 2. The molecule has 3 aromatic rings. The van der Waals surface area contributed by atoms with Gasteiger partial charge in [0.15, 0.2) is 11.6 Å². The van der Waals surface area contributed by atoms with Gasteiger partial charge in [-0.15, -0.1) is 0 Å². The lowest BCUT2D eigenvalue weighted by molar-refractivity contribution is 0.392. The molecule has 0 heterocycles. The van der Waals surface area contributed by atoms with Crippen LogP contribution in [0.3, 0.4) is 0 Å². The van der Waals surface area contributed by atoms with E-state index in [0.29, 0.717) is 11.5 Å². The summed E-state index contributed by atoms with van der Waals surface area (Å²) in [5.74, 6) is 0.615. The van der Waals surface area contributed by atoms with Crippen molar-refractivity contribution in [3.63, 3.8) is 0 Å². The van der Waals surface area contributed by atoms with Gasteiger partial charge in [0.2, 0.25) is 0 Å². The maximum Gasteiger partial charge on any atom is 0.165 e. The van der Waals surface area contributed by atoms with Crippen LogP contribution in [-0.2, 0) is 11.8 Å². The number of hydrogen-bond acceptors (Lipinski definition) is 1. The Kier molecular flexibility index (Phi) is 6.20. The van der Waals surface area contributed by atoms with Crippen LogP contribution < -0.4 is 4.74 Å². The highest BCUT2D eigenvalue weighted by molar-refractivity contribution is 6.30. The smallest absolute Gasteiger partial charge is 0.165 e. The van der Waals surface area contributed by atoms with Crippen molar-refractivity contribution in [2.45, 2.75) is 50.4 Å². The van der Waals surface area contributed by atoms with E-state index in [1.807, 2.05) is 54.6 Å². The van der Waals surface area contributed by atoms with Gasteiger partial charge in [0.25, 0.3) is 0 Å². The van der Waals surface area contributed by atoms with E-state index >= 15 is 0 Å².